The molecule has 0 aliphatic heterocycles. The number of hydrogen-bond acceptors (Lipinski definition) is 6. The monoisotopic (exact) mass is 273 g/mol. The van der Waals surface area contributed by atoms with E-state index >= 15 is 0 Å². The van der Waals surface area contributed by atoms with E-state index in [2.05, 4.69) is 25.3 Å². The van der Waals surface area contributed by atoms with E-state index < -0.39 is 15.9 Å². The Morgan fingerprint density at radius 3 is 2.67 bits per heavy atom. The van der Waals surface area contributed by atoms with Crippen molar-refractivity contribution in [3.63, 3.8) is 0 Å². The van der Waals surface area contributed by atoms with Crippen LogP contribution in [-0.4, -0.2) is 50.7 Å². The molecule has 0 spiro atoms. The van der Waals surface area contributed by atoms with Crippen LogP contribution in [0.2, 0.25) is 0 Å². The van der Waals surface area contributed by atoms with Gasteiger partial charge in [-0.3, -0.25) is 9.78 Å². The first-order valence-corrected chi connectivity index (χ1v) is 6.83. The van der Waals surface area contributed by atoms with Crippen LogP contribution in [0.4, 0.5) is 5.82 Å². The maximum Gasteiger partial charge on any atom is 0.271 e. The molecule has 1 amide bonds. The molecule has 0 aliphatic rings. The van der Waals surface area contributed by atoms with Crippen LogP contribution in [0, 0.1) is 0 Å². The minimum Gasteiger partial charge on any atom is -0.372 e. The molecule has 0 bridgehead atoms. The van der Waals surface area contributed by atoms with Crippen LogP contribution in [0.25, 0.3) is 0 Å². The van der Waals surface area contributed by atoms with Crippen molar-refractivity contribution in [2.45, 2.75) is 0 Å². The van der Waals surface area contributed by atoms with E-state index in [1.165, 1.54) is 19.4 Å². The molecular formula is C9H15N5O3S. The Balaban J connectivity index is 2.55. The summed E-state index contributed by atoms with van der Waals surface area (Å²) < 4.78 is 24.4. The van der Waals surface area contributed by atoms with E-state index in [1.54, 1.807) is 7.05 Å². The van der Waals surface area contributed by atoms with Gasteiger partial charge in [0.25, 0.3) is 5.91 Å². The van der Waals surface area contributed by atoms with Gasteiger partial charge in [-0.25, -0.2) is 18.1 Å². The van der Waals surface area contributed by atoms with Gasteiger partial charge in [0.05, 0.1) is 18.1 Å². The van der Waals surface area contributed by atoms with Crippen LogP contribution >= 0.6 is 0 Å². The summed E-state index contributed by atoms with van der Waals surface area (Å²) in [6, 6.07) is 0. The van der Waals surface area contributed by atoms with Gasteiger partial charge < -0.3 is 10.6 Å². The third-order valence-corrected chi connectivity index (χ3v) is 3.45. The smallest absolute Gasteiger partial charge is 0.271 e. The molecule has 1 heterocycles. The SMILES string of the molecule is CNc1cncc(C(=O)NCCS(=O)(=O)NC)n1. The van der Waals surface area contributed by atoms with Gasteiger partial charge in [-0.05, 0) is 7.05 Å². The fourth-order valence-electron chi connectivity index (χ4n) is 1.09. The Labute approximate surface area is 105 Å². The number of amides is 1. The first kappa shape index (κ1) is 14.3. The molecule has 18 heavy (non-hydrogen) atoms. The molecule has 1 aromatic rings. The van der Waals surface area contributed by atoms with Gasteiger partial charge in [0.1, 0.15) is 11.5 Å². The van der Waals surface area contributed by atoms with Gasteiger partial charge in [-0.1, -0.05) is 0 Å². The van der Waals surface area contributed by atoms with Crippen molar-refractivity contribution < 1.29 is 13.2 Å². The molecule has 1 rings (SSSR count). The largest absolute Gasteiger partial charge is 0.372 e. The number of nitrogens with zero attached hydrogens (tertiary/aromatic N) is 2. The Hall–Kier alpha value is -1.74. The van der Waals surface area contributed by atoms with Gasteiger partial charge >= 0.3 is 0 Å². The molecule has 0 fully saturated rings. The molecule has 0 aliphatic carbocycles. The van der Waals surface area contributed by atoms with Crippen LogP contribution in [0.1, 0.15) is 10.5 Å². The van der Waals surface area contributed by atoms with Crippen LogP contribution < -0.4 is 15.4 Å². The Kier molecular flexibility index (Phi) is 4.98. The highest BCUT2D eigenvalue weighted by molar-refractivity contribution is 7.89. The van der Waals surface area contributed by atoms with Crippen molar-refractivity contribution in [2.75, 3.05) is 31.7 Å². The highest BCUT2D eigenvalue weighted by Gasteiger charge is 2.11. The van der Waals surface area contributed by atoms with Crippen molar-refractivity contribution in [1.82, 2.24) is 20.0 Å². The highest BCUT2D eigenvalue weighted by Crippen LogP contribution is 2.00. The van der Waals surface area contributed by atoms with Crippen molar-refractivity contribution in [2.24, 2.45) is 0 Å². The number of carbonyl (C=O) groups is 1. The normalized spacial score (nSPS) is 11.0. The lowest BCUT2D eigenvalue weighted by atomic mass is 10.4. The molecule has 3 N–H and O–H groups in total. The molecule has 0 aromatic carbocycles. The van der Waals surface area contributed by atoms with Crippen molar-refractivity contribution >= 4 is 21.7 Å². The van der Waals surface area contributed by atoms with E-state index in [0.717, 1.165) is 0 Å². The summed E-state index contributed by atoms with van der Waals surface area (Å²) in [5.41, 5.74) is 0.128. The maximum absolute atomic E-state index is 11.6. The number of sulfonamides is 1. The fourth-order valence-corrected chi connectivity index (χ4v) is 1.66. The minimum absolute atomic E-state index is 0.00741. The quantitative estimate of drug-likeness (QED) is 0.600. The van der Waals surface area contributed by atoms with E-state index in [-0.39, 0.29) is 18.0 Å². The van der Waals surface area contributed by atoms with Crippen LogP contribution in [0.3, 0.4) is 0 Å². The van der Waals surface area contributed by atoms with E-state index in [0.29, 0.717) is 5.82 Å². The summed E-state index contributed by atoms with van der Waals surface area (Å²) in [5.74, 6) is -0.189. The fraction of sp³-hybridized carbons (Fsp3) is 0.444. The Morgan fingerprint density at radius 2 is 2.06 bits per heavy atom. The highest BCUT2D eigenvalue weighted by atomic mass is 32.2. The average molecular weight is 273 g/mol. The van der Waals surface area contributed by atoms with Gasteiger partial charge in [-0.2, -0.15) is 0 Å². The number of hydrogen-bond donors (Lipinski definition) is 3. The standard InChI is InChI=1S/C9H15N5O3S/c1-10-8-6-12-5-7(14-8)9(15)13-3-4-18(16,17)11-2/h5-6,11H,3-4H2,1-2H3,(H,10,14)(H,13,15). The topological polar surface area (TPSA) is 113 Å². The van der Waals surface area contributed by atoms with Gasteiger partial charge in [0.2, 0.25) is 10.0 Å². The lowest BCUT2D eigenvalue weighted by Crippen LogP contribution is -2.33. The molecule has 9 heteroatoms. The Morgan fingerprint density at radius 1 is 1.33 bits per heavy atom. The second kappa shape index (κ2) is 6.26. The molecule has 0 atom stereocenters. The zero-order valence-electron chi connectivity index (χ0n) is 10.1. The summed E-state index contributed by atoms with van der Waals surface area (Å²) >= 11 is 0. The van der Waals surface area contributed by atoms with Gasteiger partial charge in [0, 0.05) is 13.6 Å². The summed E-state index contributed by atoms with van der Waals surface area (Å²) in [6.07, 6.45) is 2.78. The van der Waals surface area contributed by atoms with E-state index in [4.69, 9.17) is 0 Å². The predicted octanol–water partition coefficient (Wildman–Crippen LogP) is -1.20. The Bertz CT molecular complexity index is 517. The second-order valence-corrected chi connectivity index (χ2v) is 5.36. The molecule has 100 valence electrons. The third-order valence-electron chi connectivity index (χ3n) is 2.09. The number of aromatic nitrogens is 2. The lowest BCUT2D eigenvalue weighted by Gasteiger charge is -2.05. The van der Waals surface area contributed by atoms with E-state index in [9.17, 15) is 13.2 Å². The number of anilines is 1. The van der Waals surface area contributed by atoms with Crippen LogP contribution in [0.5, 0.6) is 0 Å². The molecule has 0 radical (unpaired) electrons. The maximum atomic E-state index is 11.6. The van der Waals surface area contributed by atoms with Gasteiger partial charge in [-0.15, -0.1) is 0 Å². The van der Waals surface area contributed by atoms with E-state index in [1.807, 2.05) is 0 Å². The molecule has 0 saturated carbocycles. The number of nitrogens with one attached hydrogen (secondary N) is 3. The molecule has 0 unspecified atom stereocenters. The molecular weight excluding hydrogens is 258 g/mol. The van der Waals surface area contributed by atoms with Crippen LogP contribution in [0.15, 0.2) is 12.4 Å². The first-order chi connectivity index (χ1) is 8.48. The zero-order valence-corrected chi connectivity index (χ0v) is 10.9. The zero-order chi connectivity index (χ0) is 13.6. The molecule has 1 aromatic heterocycles. The lowest BCUT2D eigenvalue weighted by molar-refractivity contribution is 0.0951. The summed E-state index contributed by atoms with van der Waals surface area (Å²) in [6.45, 7) is 0.00741. The summed E-state index contributed by atoms with van der Waals surface area (Å²) in [7, 11) is -0.347. The minimum atomic E-state index is -3.32. The van der Waals surface area contributed by atoms with Crippen LogP contribution in [-0.2, 0) is 10.0 Å². The number of carbonyl (C=O) groups excluding carboxylic acids is 1. The summed E-state index contributed by atoms with van der Waals surface area (Å²) in [5, 5.41) is 5.20. The molecule has 8 nitrogen and oxygen atoms in total. The van der Waals surface area contributed by atoms with Gasteiger partial charge in [0.15, 0.2) is 0 Å². The third kappa shape index (κ3) is 4.26. The van der Waals surface area contributed by atoms with Crippen molar-refractivity contribution in [1.29, 1.82) is 0 Å². The molecule has 0 saturated heterocycles. The predicted molar refractivity (Wildman–Crippen MR) is 66.8 cm³/mol. The van der Waals surface area contributed by atoms with Crippen molar-refractivity contribution in [3.8, 4) is 0 Å². The average Bonchev–Trinajstić information content (AvgIpc) is 2.38. The second-order valence-electron chi connectivity index (χ2n) is 3.32. The number of rotatable bonds is 6. The van der Waals surface area contributed by atoms with Crippen molar-refractivity contribution in [3.05, 3.63) is 18.1 Å². The summed E-state index contributed by atoms with van der Waals surface area (Å²) in [4.78, 5) is 19.4. The first-order valence-electron chi connectivity index (χ1n) is 5.17.